The van der Waals surface area contributed by atoms with Crippen molar-refractivity contribution in [2.75, 3.05) is 4.90 Å². The minimum absolute atomic E-state index is 0.0694. The Kier molecular flexibility index (Phi) is 4.44. The van der Waals surface area contributed by atoms with Gasteiger partial charge in [0.25, 0.3) is 0 Å². The quantitative estimate of drug-likeness (QED) is 0.662. The van der Waals surface area contributed by atoms with Crippen LogP contribution in [-0.2, 0) is 4.74 Å². The summed E-state index contributed by atoms with van der Waals surface area (Å²) in [5.74, 6) is 1.87. The van der Waals surface area contributed by atoms with Crippen LogP contribution in [0.25, 0.3) is 0 Å². The number of aryl methyl sites for hydroxylation is 1. The summed E-state index contributed by atoms with van der Waals surface area (Å²) in [5, 5.41) is 0. The fraction of sp³-hybridized carbons (Fsp3) is 0.619. The summed E-state index contributed by atoms with van der Waals surface area (Å²) in [4.78, 5) is 2.44. The Balaban J connectivity index is 2.01. The first kappa shape index (κ1) is 16.4. The summed E-state index contributed by atoms with van der Waals surface area (Å²) in [6, 6.07) is 8.67. The number of hydrogen-bond donors (Lipinski definition) is 0. The predicted molar refractivity (Wildman–Crippen MR) is 97.3 cm³/mol. The van der Waals surface area contributed by atoms with E-state index in [-0.39, 0.29) is 11.6 Å². The van der Waals surface area contributed by atoms with E-state index in [1.807, 2.05) is 0 Å². The smallest absolute Gasteiger partial charge is 0.180 e. The van der Waals surface area contributed by atoms with E-state index in [9.17, 15) is 0 Å². The fourth-order valence-electron chi connectivity index (χ4n) is 4.01. The Morgan fingerprint density at radius 1 is 1.00 bits per heavy atom. The second-order valence-corrected chi connectivity index (χ2v) is 8.28. The van der Waals surface area contributed by atoms with Crippen LogP contribution in [0.5, 0.6) is 0 Å². The zero-order chi connectivity index (χ0) is 16.6. The number of allylic oxidation sites excluding steroid dienone is 2. The van der Waals surface area contributed by atoms with E-state index < -0.39 is 0 Å². The summed E-state index contributed by atoms with van der Waals surface area (Å²) >= 11 is 0. The van der Waals surface area contributed by atoms with Crippen molar-refractivity contribution in [3.05, 3.63) is 41.3 Å². The number of benzene rings is 1. The lowest BCUT2D eigenvalue weighted by Crippen LogP contribution is -2.41. The first-order valence-electron chi connectivity index (χ1n) is 9.12. The molecule has 0 aromatic heterocycles. The van der Waals surface area contributed by atoms with Gasteiger partial charge in [-0.1, -0.05) is 58.2 Å². The summed E-state index contributed by atoms with van der Waals surface area (Å²) in [7, 11) is 0. The molecular weight excluding hydrogens is 282 g/mol. The van der Waals surface area contributed by atoms with Crippen molar-refractivity contribution in [1.29, 1.82) is 0 Å². The predicted octanol–water partition coefficient (Wildman–Crippen LogP) is 6.02. The highest BCUT2D eigenvalue weighted by molar-refractivity contribution is 5.59. The third-order valence-corrected chi connectivity index (χ3v) is 5.28. The van der Waals surface area contributed by atoms with E-state index in [1.54, 1.807) is 0 Å². The Hall–Kier alpha value is -1.44. The third kappa shape index (κ3) is 3.13. The molecular formula is C21H31NO. The average Bonchev–Trinajstić information content (AvgIpc) is 2.86. The molecule has 1 atom stereocenters. The van der Waals surface area contributed by atoms with Gasteiger partial charge >= 0.3 is 0 Å². The summed E-state index contributed by atoms with van der Waals surface area (Å²) in [6.07, 6.45) is 6.72. The summed E-state index contributed by atoms with van der Waals surface area (Å²) in [5.41, 5.74) is 4.00. The van der Waals surface area contributed by atoms with Gasteiger partial charge in [-0.2, -0.15) is 0 Å². The van der Waals surface area contributed by atoms with Crippen LogP contribution in [0.1, 0.15) is 65.4 Å². The maximum atomic E-state index is 6.61. The van der Waals surface area contributed by atoms with E-state index >= 15 is 0 Å². The highest BCUT2D eigenvalue weighted by Crippen LogP contribution is 2.45. The van der Waals surface area contributed by atoms with Gasteiger partial charge in [0.15, 0.2) is 6.23 Å². The first-order valence-corrected chi connectivity index (χ1v) is 9.12. The second kappa shape index (κ2) is 6.22. The molecule has 2 nitrogen and oxygen atoms in total. The van der Waals surface area contributed by atoms with Gasteiger partial charge < -0.3 is 9.64 Å². The van der Waals surface area contributed by atoms with Gasteiger partial charge in [-0.25, -0.2) is 0 Å². The molecule has 0 saturated heterocycles. The fourth-order valence-corrected chi connectivity index (χ4v) is 4.01. The third-order valence-electron chi connectivity index (χ3n) is 5.28. The zero-order valence-electron chi connectivity index (χ0n) is 15.4. The Labute approximate surface area is 141 Å². The standard InChI is InChI=1S/C21H31NO/c1-15-11-9-10-14-18(15)22-16(2)19(17-12-7-6-8-13-17)23-20(22)21(3,4)5/h9-11,14,17,20H,6-8,12-13H2,1-5H3. The minimum Gasteiger partial charge on any atom is -0.472 e. The largest absolute Gasteiger partial charge is 0.472 e. The van der Waals surface area contributed by atoms with Crippen molar-refractivity contribution in [2.24, 2.45) is 11.3 Å². The molecule has 0 spiro atoms. The van der Waals surface area contributed by atoms with Gasteiger partial charge in [-0.15, -0.1) is 0 Å². The number of nitrogens with zero attached hydrogens (tertiary/aromatic N) is 1. The molecule has 1 aliphatic carbocycles. The molecule has 1 heterocycles. The lowest BCUT2D eigenvalue weighted by atomic mass is 9.87. The van der Waals surface area contributed by atoms with Crippen LogP contribution in [-0.4, -0.2) is 6.23 Å². The van der Waals surface area contributed by atoms with Crippen molar-refractivity contribution in [1.82, 2.24) is 0 Å². The normalized spacial score (nSPS) is 23.3. The van der Waals surface area contributed by atoms with Crippen molar-refractivity contribution in [3.8, 4) is 0 Å². The SMILES string of the molecule is CC1=C(C2CCCCC2)OC(C(C)(C)C)N1c1ccccc1C. The van der Waals surface area contributed by atoms with Crippen LogP contribution < -0.4 is 4.90 Å². The molecule has 126 valence electrons. The number of hydrogen-bond acceptors (Lipinski definition) is 2. The highest BCUT2D eigenvalue weighted by atomic mass is 16.5. The van der Waals surface area contributed by atoms with Gasteiger partial charge in [-0.3, -0.25) is 0 Å². The molecule has 1 aliphatic heterocycles. The molecule has 0 bridgehead atoms. The van der Waals surface area contributed by atoms with Gasteiger partial charge in [0.2, 0.25) is 0 Å². The van der Waals surface area contributed by atoms with E-state index in [4.69, 9.17) is 4.74 Å². The Bertz CT molecular complexity index is 590. The molecule has 2 heteroatoms. The van der Waals surface area contributed by atoms with Gasteiger partial charge in [0.05, 0.1) is 5.70 Å². The lowest BCUT2D eigenvalue weighted by Gasteiger charge is -2.36. The maximum absolute atomic E-state index is 6.61. The maximum Gasteiger partial charge on any atom is 0.180 e. The van der Waals surface area contributed by atoms with Gasteiger partial charge in [-0.05, 0) is 38.3 Å². The van der Waals surface area contributed by atoms with Gasteiger partial charge in [0, 0.05) is 17.0 Å². The molecule has 0 amide bonds. The molecule has 1 aromatic rings. The first-order chi connectivity index (χ1) is 10.9. The number of rotatable bonds is 2. The van der Waals surface area contributed by atoms with Crippen LogP contribution >= 0.6 is 0 Å². The zero-order valence-corrected chi connectivity index (χ0v) is 15.4. The van der Waals surface area contributed by atoms with Crippen molar-refractivity contribution >= 4 is 5.69 Å². The second-order valence-electron chi connectivity index (χ2n) is 8.28. The van der Waals surface area contributed by atoms with Crippen molar-refractivity contribution in [3.63, 3.8) is 0 Å². The average molecular weight is 313 g/mol. The molecule has 3 rings (SSSR count). The monoisotopic (exact) mass is 313 g/mol. The van der Waals surface area contributed by atoms with Crippen molar-refractivity contribution in [2.45, 2.75) is 73.0 Å². The molecule has 1 fully saturated rings. The van der Waals surface area contributed by atoms with E-state index in [0.717, 1.165) is 0 Å². The molecule has 0 N–H and O–H groups in total. The van der Waals surface area contributed by atoms with E-state index in [1.165, 1.54) is 54.8 Å². The molecule has 0 radical (unpaired) electrons. The van der Waals surface area contributed by atoms with Crippen LogP contribution in [0.3, 0.4) is 0 Å². The summed E-state index contributed by atoms with van der Waals surface area (Å²) < 4.78 is 6.61. The molecule has 23 heavy (non-hydrogen) atoms. The van der Waals surface area contributed by atoms with Crippen LogP contribution in [0.4, 0.5) is 5.69 Å². The topological polar surface area (TPSA) is 12.5 Å². The van der Waals surface area contributed by atoms with Crippen molar-refractivity contribution < 1.29 is 4.74 Å². The van der Waals surface area contributed by atoms with E-state index in [0.29, 0.717) is 5.92 Å². The van der Waals surface area contributed by atoms with Crippen LogP contribution in [0, 0.1) is 18.3 Å². The number of para-hydroxylation sites is 1. The van der Waals surface area contributed by atoms with Crippen LogP contribution in [0.15, 0.2) is 35.7 Å². The number of anilines is 1. The number of ether oxygens (including phenoxy) is 1. The Morgan fingerprint density at radius 3 is 2.26 bits per heavy atom. The molecule has 1 unspecified atom stereocenters. The minimum atomic E-state index is 0.0694. The highest BCUT2D eigenvalue weighted by Gasteiger charge is 2.42. The Morgan fingerprint density at radius 2 is 1.65 bits per heavy atom. The molecule has 1 aromatic carbocycles. The van der Waals surface area contributed by atoms with Crippen LogP contribution in [0.2, 0.25) is 0 Å². The van der Waals surface area contributed by atoms with E-state index in [2.05, 4.69) is 63.8 Å². The van der Waals surface area contributed by atoms with Gasteiger partial charge in [0.1, 0.15) is 5.76 Å². The molecule has 2 aliphatic rings. The summed E-state index contributed by atoms with van der Waals surface area (Å²) in [6.45, 7) is 11.3. The molecule has 1 saturated carbocycles. The lowest BCUT2D eigenvalue weighted by molar-refractivity contribution is 0.0332.